The number of urea groups is 1. The zero-order valence-corrected chi connectivity index (χ0v) is 16.8. The summed E-state index contributed by atoms with van der Waals surface area (Å²) in [6.07, 6.45) is 8.68. The van der Waals surface area contributed by atoms with Crippen molar-refractivity contribution in [2.24, 2.45) is 0 Å². The number of rotatable bonds is 4. The summed E-state index contributed by atoms with van der Waals surface area (Å²) < 4.78 is 0. The van der Waals surface area contributed by atoms with E-state index in [9.17, 15) is 4.79 Å². The van der Waals surface area contributed by atoms with Crippen LogP contribution in [0.5, 0.6) is 0 Å². The number of carbonyl (C=O) groups excluding carboxylic acids is 1. The Morgan fingerprint density at radius 1 is 1.18 bits per heavy atom. The molecule has 1 aliphatic heterocycles. The van der Waals surface area contributed by atoms with E-state index in [1.54, 1.807) is 0 Å². The average molecular weight is 399 g/mol. The highest BCUT2D eigenvalue weighted by atomic mass is 35.5. The number of aromatic nitrogens is 1. The number of anilines is 1. The normalized spacial score (nSPS) is 19.0. The van der Waals surface area contributed by atoms with E-state index in [1.807, 2.05) is 24.4 Å². The summed E-state index contributed by atoms with van der Waals surface area (Å²) in [5.41, 5.74) is 3.36. The number of nitrogens with zero attached hydrogens (tertiary/aromatic N) is 2. The SMILES string of the molecule is O=C(NCc1ccnc(N2CCCCCC2)c1)NC1CCc2c(Cl)cccc21. The van der Waals surface area contributed by atoms with Crippen LogP contribution < -0.4 is 15.5 Å². The first-order chi connectivity index (χ1) is 13.7. The summed E-state index contributed by atoms with van der Waals surface area (Å²) in [6, 6.07) is 9.84. The van der Waals surface area contributed by atoms with Crippen LogP contribution in [0.25, 0.3) is 0 Å². The van der Waals surface area contributed by atoms with Gasteiger partial charge in [0.15, 0.2) is 0 Å². The second-order valence-electron chi connectivity index (χ2n) is 7.65. The van der Waals surface area contributed by atoms with Crippen molar-refractivity contribution in [3.05, 3.63) is 58.2 Å². The number of carbonyl (C=O) groups is 1. The molecule has 6 heteroatoms. The van der Waals surface area contributed by atoms with Crippen LogP contribution in [0.3, 0.4) is 0 Å². The molecule has 1 atom stereocenters. The molecule has 1 saturated heterocycles. The summed E-state index contributed by atoms with van der Waals surface area (Å²) in [5.74, 6) is 1.01. The fourth-order valence-corrected chi connectivity index (χ4v) is 4.47. The first kappa shape index (κ1) is 19.1. The highest BCUT2D eigenvalue weighted by Gasteiger charge is 2.25. The lowest BCUT2D eigenvalue weighted by molar-refractivity contribution is 0.236. The number of hydrogen-bond donors (Lipinski definition) is 2. The van der Waals surface area contributed by atoms with Gasteiger partial charge in [0.2, 0.25) is 0 Å². The summed E-state index contributed by atoms with van der Waals surface area (Å²) >= 11 is 6.26. The molecule has 148 valence electrons. The fourth-order valence-electron chi connectivity index (χ4n) is 4.19. The Hall–Kier alpha value is -2.27. The van der Waals surface area contributed by atoms with Gasteiger partial charge >= 0.3 is 6.03 Å². The summed E-state index contributed by atoms with van der Waals surface area (Å²) in [5, 5.41) is 6.86. The molecule has 1 aromatic heterocycles. The van der Waals surface area contributed by atoms with E-state index in [-0.39, 0.29) is 12.1 Å². The predicted octanol–water partition coefficient (Wildman–Crippen LogP) is 4.60. The molecule has 2 N–H and O–H groups in total. The van der Waals surface area contributed by atoms with Crippen LogP contribution in [0.1, 0.15) is 54.8 Å². The largest absolute Gasteiger partial charge is 0.357 e. The third-order valence-electron chi connectivity index (χ3n) is 5.71. The van der Waals surface area contributed by atoms with E-state index in [4.69, 9.17) is 11.6 Å². The van der Waals surface area contributed by atoms with Crippen LogP contribution in [-0.2, 0) is 13.0 Å². The number of halogens is 1. The van der Waals surface area contributed by atoms with Gasteiger partial charge in [-0.25, -0.2) is 9.78 Å². The maximum atomic E-state index is 12.4. The van der Waals surface area contributed by atoms with Crippen molar-refractivity contribution in [2.45, 2.75) is 51.1 Å². The Bertz CT molecular complexity index is 833. The zero-order chi connectivity index (χ0) is 19.3. The van der Waals surface area contributed by atoms with Crippen molar-refractivity contribution in [3.63, 3.8) is 0 Å². The van der Waals surface area contributed by atoms with Crippen molar-refractivity contribution in [1.29, 1.82) is 0 Å². The van der Waals surface area contributed by atoms with Gasteiger partial charge in [0, 0.05) is 30.9 Å². The van der Waals surface area contributed by atoms with E-state index >= 15 is 0 Å². The van der Waals surface area contributed by atoms with Gasteiger partial charge in [-0.2, -0.15) is 0 Å². The smallest absolute Gasteiger partial charge is 0.315 e. The molecule has 0 saturated carbocycles. The van der Waals surface area contributed by atoms with E-state index in [1.165, 1.54) is 25.7 Å². The Kier molecular flexibility index (Phi) is 6.01. The standard InChI is InChI=1S/C22H27ClN4O/c23-19-7-5-6-18-17(19)8-9-20(18)26-22(28)25-15-16-10-11-24-21(14-16)27-12-3-1-2-4-13-27/h5-7,10-11,14,20H,1-4,8-9,12-13,15H2,(H2,25,26,28). The lowest BCUT2D eigenvalue weighted by atomic mass is 10.1. The van der Waals surface area contributed by atoms with Crippen molar-refractivity contribution < 1.29 is 4.79 Å². The molecule has 2 aliphatic rings. The second kappa shape index (κ2) is 8.82. The molecule has 1 aliphatic carbocycles. The molecule has 0 bridgehead atoms. The Morgan fingerprint density at radius 3 is 2.82 bits per heavy atom. The number of benzene rings is 1. The highest BCUT2D eigenvalue weighted by Crippen LogP contribution is 2.35. The Balaban J connectivity index is 1.33. The van der Waals surface area contributed by atoms with E-state index in [0.717, 1.165) is 53.5 Å². The maximum Gasteiger partial charge on any atom is 0.315 e. The van der Waals surface area contributed by atoms with Gasteiger partial charge < -0.3 is 15.5 Å². The quantitative estimate of drug-likeness (QED) is 0.791. The van der Waals surface area contributed by atoms with Crippen molar-refractivity contribution in [3.8, 4) is 0 Å². The van der Waals surface area contributed by atoms with Gasteiger partial charge in [0.1, 0.15) is 5.82 Å². The highest BCUT2D eigenvalue weighted by molar-refractivity contribution is 6.31. The monoisotopic (exact) mass is 398 g/mol. The fraction of sp³-hybridized carbons (Fsp3) is 0.455. The number of nitrogens with one attached hydrogen (secondary N) is 2. The zero-order valence-electron chi connectivity index (χ0n) is 16.1. The molecule has 4 rings (SSSR count). The van der Waals surface area contributed by atoms with Crippen molar-refractivity contribution in [1.82, 2.24) is 15.6 Å². The number of amides is 2. The summed E-state index contributed by atoms with van der Waals surface area (Å²) in [7, 11) is 0. The minimum absolute atomic E-state index is 0.0267. The van der Waals surface area contributed by atoms with Gasteiger partial charge in [-0.3, -0.25) is 0 Å². The van der Waals surface area contributed by atoms with Crippen LogP contribution >= 0.6 is 11.6 Å². The molecule has 2 heterocycles. The van der Waals surface area contributed by atoms with E-state index in [0.29, 0.717) is 6.54 Å². The minimum Gasteiger partial charge on any atom is -0.357 e. The number of fused-ring (bicyclic) bond motifs is 1. The molecule has 2 amide bonds. The van der Waals surface area contributed by atoms with Crippen molar-refractivity contribution in [2.75, 3.05) is 18.0 Å². The van der Waals surface area contributed by atoms with Crippen LogP contribution in [0, 0.1) is 0 Å². The third kappa shape index (κ3) is 4.41. The van der Waals surface area contributed by atoms with Gasteiger partial charge in [-0.15, -0.1) is 0 Å². The molecule has 1 unspecified atom stereocenters. The van der Waals surface area contributed by atoms with Crippen LogP contribution in [0.2, 0.25) is 5.02 Å². The average Bonchev–Trinajstić information content (AvgIpc) is 2.93. The number of hydrogen-bond acceptors (Lipinski definition) is 3. The Labute approximate surface area is 171 Å². The molecule has 1 fully saturated rings. The maximum absolute atomic E-state index is 12.4. The molecule has 0 spiro atoms. The summed E-state index contributed by atoms with van der Waals surface area (Å²) in [6.45, 7) is 2.62. The molecule has 28 heavy (non-hydrogen) atoms. The van der Waals surface area contributed by atoms with Gasteiger partial charge in [0.25, 0.3) is 0 Å². The first-order valence-corrected chi connectivity index (χ1v) is 10.6. The van der Waals surface area contributed by atoms with Gasteiger partial charge in [-0.1, -0.05) is 36.6 Å². The molecular weight excluding hydrogens is 372 g/mol. The summed E-state index contributed by atoms with van der Waals surface area (Å²) in [4.78, 5) is 19.3. The van der Waals surface area contributed by atoms with E-state index < -0.39 is 0 Å². The minimum atomic E-state index is -0.147. The lowest BCUT2D eigenvalue weighted by Gasteiger charge is -2.22. The van der Waals surface area contributed by atoms with Gasteiger partial charge in [-0.05, 0) is 60.6 Å². The lowest BCUT2D eigenvalue weighted by Crippen LogP contribution is -2.37. The first-order valence-electron chi connectivity index (χ1n) is 10.2. The molecule has 2 aromatic rings. The van der Waals surface area contributed by atoms with E-state index in [2.05, 4.69) is 32.7 Å². The third-order valence-corrected chi connectivity index (χ3v) is 6.07. The van der Waals surface area contributed by atoms with Crippen LogP contribution in [-0.4, -0.2) is 24.1 Å². The van der Waals surface area contributed by atoms with Crippen molar-refractivity contribution >= 4 is 23.4 Å². The topological polar surface area (TPSA) is 57.3 Å². The van der Waals surface area contributed by atoms with Crippen LogP contribution in [0.4, 0.5) is 10.6 Å². The van der Waals surface area contributed by atoms with Gasteiger partial charge in [0.05, 0.1) is 6.04 Å². The predicted molar refractivity (Wildman–Crippen MR) is 113 cm³/mol. The molecule has 5 nitrogen and oxygen atoms in total. The molecular formula is C22H27ClN4O. The number of pyridine rings is 1. The second-order valence-corrected chi connectivity index (χ2v) is 8.06. The molecule has 1 aromatic carbocycles. The Morgan fingerprint density at radius 2 is 2.00 bits per heavy atom. The van der Waals surface area contributed by atoms with Crippen LogP contribution in [0.15, 0.2) is 36.5 Å². The molecule has 0 radical (unpaired) electrons.